The van der Waals surface area contributed by atoms with Gasteiger partial charge in [0.05, 0.1) is 31.0 Å². The molecule has 0 saturated carbocycles. The second-order valence-electron chi connectivity index (χ2n) is 10.1. The zero-order chi connectivity index (χ0) is 31.8. The monoisotopic (exact) mass is 604 g/mol. The van der Waals surface area contributed by atoms with Crippen molar-refractivity contribution in [3.8, 4) is 28.4 Å². The highest BCUT2D eigenvalue weighted by Gasteiger charge is 2.27. The standard InChI is InChI=1S/C34H33FO9/c1-20-16-26(8-11-31(20)41-12-5-13-42-33(38)23(4)35)44-34(39)24-6-9-27-28-10-7-25(18-30(28)22(3)29(27)17-24)40-14-15-43-32(37)21(2)19-36/h6-11,16-18,22,36H,2,4-5,12-15,19H2,1,3H3. The molecule has 3 aromatic carbocycles. The molecule has 10 heteroatoms. The Hall–Kier alpha value is -4.96. The van der Waals surface area contributed by atoms with E-state index in [9.17, 15) is 18.8 Å². The molecule has 0 heterocycles. The van der Waals surface area contributed by atoms with E-state index in [1.54, 1.807) is 24.3 Å². The summed E-state index contributed by atoms with van der Waals surface area (Å²) in [6, 6.07) is 16.2. The largest absolute Gasteiger partial charge is 0.493 e. The number of halogens is 1. The summed E-state index contributed by atoms with van der Waals surface area (Å²) in [5, 5.41) is 8.94. The number of esters is 3. The molecule has 3 aromatic rings. The van der Waals surface area contributed by atoms with E-state index in [1.165, 1.54) is 0 Å². The second kappa shape index (κ2) is 14.5. The zero-order valence-electron chi connectivity index (χ0n) is 24.5. The third kappa shape index (κ3) is 7.70. The molecule has 0 aliphatic heterocycles. The van der Waals surface area contributed by atoms with Crippen LogP contribution in [0.1, 0.15) is 46.3 Å². The van der Waals surface area contributed by atoms with Gasteiger partial charge in [0.1, 0.15) is 30.5 Å². The van der Waals surface area contributed by atoms with Gasteiger partial charge in [0, 0.05) is 12.3 Å². The molecule has 0 fully saturated rings. The lowest BCUT2D eigenvalue weighted by molar-refractivity contribution is -0.141. The number of carbonyl (C=O) groups is 3. The summed E-state index contributed by atoms with van der Waals surface area (Å²) in [6.45, 7) is 10.1. The summed E-state index contributed by atoms with van der Waals surface area (Å²) in [4.78, 5) is 35.7. The van der Waals surface area contributed by atoms with Crippen LogP contribution in [0.25, 0.3) is 11.1 Å². The molecule has 4 rings (SSSR count). The third-order valence-electron chi connectivity index (χ3n) is 6.96. The maximum atomic E-state index is 13.0. The van der Waals surface area contributed by atoms with Gasteiger partial charge in [0.2, 0.25) is 5.83 Å². The van der Waals surface area contributed by atoms with E-state index in [-0.39, 0.29) is 37.9 Å². The topological polar surface area (TPSA) is 118 Å². The van der Waals surface area contributed by atoms with Gasteiger partial charge in [0.15, 0.2) is 0 Å². The van der Waals surface area contributed by atoms with Crippen LogP contribution >= 0.6 is 0 Å². The fourth-order valence-electron chi connectivity index (χ4n) is 4.65. The first kappa shape index (κ1) is 32.0. The smallest absolute Gasteiger partial charge is 0.366 e. The van der Waals surface area contributed by atoms with Gasteiger partial charge in [-0.2, -0.15) is 4.39 Å². The van der Waals surface area contributed by atoms with E-state index in [4.69, 9.17) is 24.1 Å². The van der Waals surface area contributed by atoms with E-state index in [0.717, 1.165) is 27.8 Å². The predicted molar refractivity (Wildman–Crippen MR) is 160 cm³/mol. The van der Waals surface area contributed by atoms with Gasteiger partial charge in [-0.3, -0.25) is 0 Å². The minimum Gasteiger partial charge on any atom is -0.493 e. The molecule has 0 aromatic heterocycles. The molecule has 1 N–H and O–H groups in total. The van der Waals surface area contributed by atoms with Crippen molar-refractivity contribution in [2.24, 2.45) is 0 Å². The Kier molecular flexibility index (Phi) is 10.5. The van der Waals surface area contributed by atoms with Crippen molar-refractivity contribution in [1.29, 1.82) is 0 Å². The lowest BCUT2D eigenvalue weighted by Crippen LogP contribution is -2.15. The van der Waals surface area contributed by atoms with Crippen LogP contribution in [0.2, 0.25) is 0 Å². The highest BCUT2D eigenvalue weighted by atomic mass is 19.1. The van der Waals surface area contributed by atoms with E-state index < -0.39 is 30.3 Å². The maximum absolute atomic E-state index is 13.0. The first-order valence-electron chi connectivity index (χ1n) is 13.9. The normalized spacial score (nSPS) is 12.9. The molecule has 230 valence electrons. The van der Waals surface area contributed by atoms with Crippen molar-refractivity contribution < 1.29 is 47.6 Å². The van der Waals surface area contributed by atoms with Gasteiger partial charge < -0.3 is 28.8 Å². The van der Waals surface area contributed by atoms with Gasteiger partial charge >= 0.3 is 17.9 Å². The van der Waals surface area contributed by atoms with Crippen LogP contribution in [-0.2, 0) is 19.1 Å². The third-order valence-corrected chi connectivity index (χ3v) is 6.96. The quantitative estimate of drug-likeness (QED) is 0.108. The van der Waals surface area contributed by atoms with Crippen molar-refractivity contribution in [3.63, 3.8) is 0 Å². The first-order valence-corrected chi connectivity index (χ1v) is 13.9. The van der Waals surface area contributed by atoms with Crippen molar-refractivity contribution in [3.05, 3.63) is 101 Å². The van der Waals surface area contributed by atoms with Crippen LogP contribution in [0.15, 0.2) is 79.2 Å². The minimum atomic E-state index is -1.14. The predicted octanol–water partition coefficient (Wildman–Crippen LogP) is 5.61. The van der Waals surface area contributed by atoms with Gasteiger partial charge in [-0.05, 0) is 77.2 Å². The van der Waals surface area contributed by atoms with Gasteiger partial charge in [-0.1, -0.05) is 32.2 Å². The van der Waals surface area contributed by atoms with Gasteiger partial charge in [-0.25, -0.2) is 14.4 Å². The molecule has 0 radical (unpaired) electrons. The Morgan fingerprint density at radius 2 is 1.50 bits per heavy atom. The maximum Gasteiger partial charge on any atom is 0.366 e. The van der Waals surface area contributed by atoms with Crippen LogP contribution in [0, 0.1) is 6.92 Å². The summed E-state index contributed by atoms with van der Waals surface area (Å²) in [5.74, 6) is -1.84. The van der Waals surface area contributed by atoms with Crippen molar-refractivity contribution in [2.45, 2.75) is 26.2 Å². The summed E-state index contributed by atoms with van der Waals surface area (Å²) >= 11 is 0. The van der Waals surface area contributed by atoms with E-state index in [0.29, 0.717) is 29.2 Å². The molecular formula is C34H33FO9. The Morgan fingerprint density at radius 1 is 0.818 bits per heavy atom. The molecule has 1 atom stereocenters. The molecular weight excluding hydrogens is 571 g/mol. The number of fused-ring (bicyclic) bond motifs is 3. The van der Waals surface area contributed by atoms with Crippen LogP contribution in [0.4, 0.5) is 4.39 Å². The average molecular weight is 605 g/mol. The first-order chi connectivity index (χ1) is 21.1. The molecule has 1 aliphatic carbocycles. The number of hydrogen-bond donors (Lipinski definition) is 1. The van der Waals surface area contributed by atoms with Crippen LogP contribution in [0.3, 0.4) is 0 Å². The van der Waals surface area contributed by atoms with Crippen LogP contribution < -0.4 is 14.2 Å². The van der Waals surface area contributed by atoms with E-state index >= 15 is 0 Å². The summed E-state index contributed by atoms with van der Waals surface area (Å²) < 4.78 is 39.4. The highest BCUT2D eigenvalue weighted by Crippen LogP contribution is 2.46. The number of ether oxygens (including phenoxy) is 5. The average Bonchev–Trinajstić information content (AvgIpc) is 3.29. The van der Waals surface area contributed by atoms with Gasteiger partial charge in [-0.15, -0.1) is 0 Å². The lowest BCUT2D eigenvalue weighted by Gasteiger charge is -2.12. The molecule has 9 nitrogen and oxygen atoms in total. The zero-order valence-corrected chi connectivity index (χ0v) is 24.5. The van der Waals surface area contributed by atoms with E-state index in [1.807, 2.05) is 37.3 Å². The number of rotatable bonds is 14. The summed E-state index contributed by atoms with van der Waals surface area (Å²) in [6.07, 6.45) is 0.365. The lowest BCUT2D eigenvalue weighted by atomic mass is 9.98. The number of aliphatic hydroxyl groups excluding tert-OH is 1. The molecule has 0 amide bonds. The van der Waals surface area contributed by atoms with Crippen molar-refractivity contribution in [2.75, 3.05) is 33.0 Å². The summed E-state index contributed by atoms with van der Waals surface area (Å²) in [5.41, 5.74) is 5.24. The Balaban J connectivity index is 1.32. The second-order valence-corrected chi connectivity index (χ2v) is 10.1. The number of benzene rings is 3. The van der Waals surface area contributed by atoms with Crippen LogP contribution in [0.5, 0.6) is 17.2 Å². The molecule has 1 aliphatic rings. The Morgan fingerprint density at radius 3 is 2.20 bits per heavy atom. The summed E-state index contributed by atoms with van der Waals surface area (Å²) in [7, 11) is 0. The SMILES string of the molecule is C=C(F)C(=O)OCCCOc1ccc(OC(=O)c2ccc3c(c2)C(C)c2cc(OCCOC(=O)C(=C)CO)ccc2-3)cc1C. The Bertz CT molecular complexity index is 1590. The number of hydrogen-bond acceptors (Lipinski definition) is 9. The van der Waals surface area contributed by atoms with E-state index in [2.05, 4.69) is 24.8 Å². The van der Waals surface area contributed by atoms with Crippen molar-refractivity contribution in [1.82, 2.24) is 0 Å². The van der Waals surface area contributed by atoms with Gasteiger partial charge in [0.25, 0.3) is 0 Å². The fraction of sp³-hybridized carbons (Fsp3) is 0.265. The Labute approximate surface area is 254 Å². The molecule has 44 heavy (non-hydrogen) atoms. The number of carbonyl (C=O) groups excluding carboxylic acids is 3. The molecule has 0 spiro atoms. The molecule has 0 bridgehead atoms. The number of aliphatic hydroxyl groups is 1. The van der Waals surface area contributed by atoms with Crippen LogP contribution in [-0.4, -0.2) is 56.0 Å². The van der Waals surface area contributed by atoms with Crippen molar-refractivity contribution >= 4 is 17.9 Å². The number of aryl methyl sites for hydroxylation is 1. The highest BCUT2D eigenvalue weighted by molar-refractivity contribution is 5.93. The minimum absolute atomic E-state index is 0.00000259. The molecule has 1 unspecified atom stereocenters. The molecule has 0 saturated heterocycles. The fourth-order valence-corrected chi connectivity index (χ4v) is 4.65.